The lowest BCUT2D eigenvalue weighted by Crippen LogP contribution is -2.34. The molecule has 120 valence electrons. The first-order chi connectivity index (χ1) is 10.2. The van der Waals surface area contributed by atoms with E-state index in [1.807, 2.05) is 7.05 Å². The van der Waals surface area contributed by atoms with Crippen molar-refractivity contribution in [1.29, 1.82) is 0 Å². The molecule has 1 aromatic rings. The maximum atomic E-state index is 4.70. The molecule has 0 saturated carbocycles. The maximum absolute atomic E-state index is 4.70. The summed E-state index contributed by atoms with van der Waals surface area (Å²) in [5, 5.41) is 7.97. The number of nitrogens with zero attached hydrogens (tertiary/aromatic N) is 3. The van der Waals surface area contributed by atoms with Gasteiger partial charge < -0.3 is 5.32 Å². The molecule has 4 nitrogen and oxygen atoms in total. The van der Waals surface area contributed by atoms with Crippen LogP contribution in [-0.2, 0) is 19.5 Å². The molecule has 1 aliphatic heterocycles. The van der Waals surface area contributed by atoms with Crippen molar-refractivity contribution in [3.05, 3.63) is 15.9 Å². The first-order valence-electron chi connectivity index (χ1n) is 8.30. The molecule has 0 unspecified atom stereocenters. The van der Waals surface area contributed by atoms with Crippen molar-refractivity contribution in [3.8, 4) is 0 Å². The normalized spacial score (nSPS) is 17.5. The number of aryl methyl sites for hydroxylation is 2. The van der Waals surface area contributed by atoms with Gasteiger partial charge in [0.1, 0.15) is 0 Å². The predicted octanol–water partition coefficient (Wildman–Crippen LogP) is 3.05. The van der Waals surface area contributed by atoms with Crippen LogP contribution in [0.3, 0.4) is 0 Å². The lowest BCUT2D eigenvalue weighted by molar-refractivity contribution is 0.168. The van der Waals surface area contributed by atoms with Crippen molar-refractivity contribution in [2.75, 3.05) is 26.7 Å². The molecule has 0 amide bonds. The molecule has 0 aromatic carbocycles. The average molecular weight is 357 g/mol. The zero-order valence-corrected chi connectivity index (χ0v) is 15.2. The molecule has 2 heterocycles. The minimum atomic E-state index is 0.902. The number of aromatic nitrogens is 2. The summed E-state index contributed by atoms with van der Waals surface area (Å²) in [6, 6.07) is 0. The van der Waals surface area contributed by atoms with E-state index in [0.29, 0.717) is 0 Å². The summed E-state index contributed by atoms with van der Waals surface area (Å²) in [5.41, 5.74) is 2.54. The van der Waals surface area contributed by atoms with E-state index in [0.717, 1.165) is 32.0 Å². The highest BCUT2D eigenvalue weighted by Gasteiger charge is 2.22. The molecule has 1 fully saturated rings. The van der Waals surface area contributed by atoms with Gasteiger partial charge in [-0.25, -0.2) is 0 Å². The Kier molecular flexibility index (Phi) is 6.71. The van der Waals surface area contributed by atoms with Crippen molar-refractivity contribution in [1.82, 2.24) is 20.0 Å². The number of likely N-dealkylation sites (tertiary alicyclic amines) is 1. The SMILES string of the molecule is CCc1nn(CC)c(CN2CCC(CCNC)CC2)c1Br. The summed E-state index contributed by atoms with van der Waals surface area (Å²) in [7, 11) is 2.05. The van der Waals surface area contributed by atoms with E-state index < -0.39 is 0 Å². The average Bonchev–Trinajstić information content (AvgIpc) is 2.82. The van der Waals surface area contributed by atoms with Gasteiger partial charge in [-0.1, -0.05) is 6.92 Å². The van der Waals surface area contributed by atoms with Crippen LogP contribution in [0.1, 0.15) is 44.5 Å². The van der Waals surface area contributed by atoms with Gasteiger partial charge in [0, 0.05) is 13.1 Å². The van der Waals surface area contributed by atoms with E-state index in [9.17, 15) is 0 Å². The Labute approximate surface area is 137 Å². The lowest BCUT2D eigenvalue weighted by atomic mass is 9.93. The zero-order chi connectivity index (χ0) is 15.2. The largest absolute Gasteiger partial charge is 0.320 e. The Balaban J connectivity index is 1.93. The van der Waals surface area contributed by atoms with Crippen molar-refractivity contribution >= 4 is 15.9 Å². The van der Waals surface area contributed by atoms with Crippen molar-refractivity contribution in [2.45, 2.75) is 52.6 Å². The van der Waals surface area contributed by atoms with Gasteiger partial charge in [-0.3, -0.25) is 9.58 Å². The molecule has 5 heteroatoms. The summed E-state index contributed by atoms with van der Waals surface area (Å²) in [4.78, 5) is 2.59. The summed E-state index contributed by atoms with van der Waals surface area (Å²) < 4.78 is 3.39. The van der Waals surface area contributed by atoms with Gasteiger partial charge in [-0.05, 0) is 81.1 Å². The fourth-order valence-corrected chi connectivity index (χ4v) is 3.85. The van der Waals surface area contributed by atoms with Crippen LogP contribution < -0.4 is 5.32 Å². The number of hydrogen-bond acceptors (Lipinski definition) is 3. The Bertz CT molecular complexity index is 436. The highest BCUT2D eigenvalue weighted by molar-refractivity contribution is 9.10. The molecule has 0 aliphatic carbocycles. The Morgan fingerprint density at radius 3 is 2.57 bits per heavy atom. The number of nitrogens with one attached hydrogen (secondary N) is 1. The van der Waals surface area contributed by atoms with Gasteiger partial charge in [0.25, 0.3) is 0 Å². The minimum absolute atomic E-state index is 0.902. The third-order valence-corrected chi connectivity index (χ3v) is 5.49. The molecular weight excluding hydrogens is 328 g/mol. The van der Waals surface area contributed by atoms with Crippen LogP contribution >= 0.6 is 15.9 Å². The molecule has 2 rings (SSSR count). The van der Waals surface area contributed by atoms with Crippen LogP contribution in [0.4, 0.5) is 0 Å². The van der Waals surface area contributed by atoms with Gasteiger partial charge in [-0.2, -0.15) is 5.10 Å². The molecule has 1 aromatic heterocycles. The van der Waals surface area contributed by atoms with Gasteiger partial charge in [0.2, 0.25) is 0 Å². The predicted molar refractivity (Wildman–Crippen MR) is 91.5 cm³/mol. The van der Waals surface area contributed by atoms with E-state index in [-0.39, 0.29) is 0 Å². The summed E-state index contributed by atoms with van der Waals surface area (Å²) in [6.07, 6.45) is 4.98. The topological polar surface area (TPSA) is 33.1 Å². The van der Waals surface area contributed by atoms with Crippen LogP contribution in [0.15, 0.2) is 4.47 Å². The van der Waals surface area contributed by atoms with Crippen molar-refractivity contribution < 1.29 is 0 Å². The molecule has 1 saturated heterocycles. The minimum Gasteiger partial charge on any atom is -0.320 e. The molecule has 1 N–H and O–H groups in total. The number of halogens is 1. The third-order valence-electron chi connectivity index (χ3n) is 4.58. The van der Waals surface area contributed by atoms with Crippen molar-refractivity contribution in [3.63, 3.8) is 0 Å². The second-order valence-electron chi connectivity index (χ2n) is 5.99. The number of piperidine rings is 1. The quantitative estimate of drug-likeness (QED) is 0.814. The summed E-state index contributed by atoms with van der Waals surface area (Å²) in [5.74, 6) is 0.902. The van der Waals surface area contributed by atoms with Crippen LogP contribution in [0.2, 0.25) is 0 Å². The van der Waals surface area contributed by atoms with Gasteiger partial charge in [-0.15, -0.1) is 0 Å². The Morgan fingerprint density at radius 2 is 2.00 bits per heavy atom. The van der Waals surface area contributed by atoms with E-state index in [2.05, 4.69) is 44.7 Å². The lowest BCUT2D eigenvalue weighted by Gasteiger charge is -2.32. The molecule has 1 aliphatic rings. The molecule has 0 spiro atoms. The van der Waals surface area contributed by atoms with Crippen LogP contribution in [0.25, 0.3) is 0 Å². The highest BCUT2D eigenvalue weighted by Crippen LogP contribution is 2.26. The van der Waals surface area contributed by atoms with Gasteiger partial charge in [0.15, 0.2) is 0 Å². The monoisotopic (exact) mass is 356 g/mol. The summed E-state index contributed by atoms with van der Waals surface area (Å²) >= 11 is 3.76. The molecule has 0 bridgehead atoms. The highest BCUT2D eigenvalue weighted by atomic mass is 79.9. The van der Waals surface area contributed by atoms with Gasteiger partial charge >= 0.3 is 0 Å². The standard InChI is InChI=1S/C16H29BrN4/c1-4-14-16(17)15(21(5-2)19-14)12-20-10-7-13(8-11-20)6-9-18-3/h13,18H,4-12H2,1-3H3. The molecule has 21 heavy (non-hydrogen) atoms. The van der Waals surface area contributed by atoms with Gasteiger partial charge in [0.05, 0.1) is 15.9 Å². The first kappa shape index (κ1) is 17.0. The van der Waals surface area contributed by atoms with Crippen LogP contribution in [-0.4, -0.2) is 41.4 Å². The first-order valence-corrected chi connectivity index (χ1v) is 9.09. The van der Waals surface area contributed by atoms with E-state index in [1.165, 1.54) is 48.2 Å². The third kappa shape index (κ3) is 4.30. The number of rotatable bonds is 7. The van der Waals surface area contributed by atoms with Crippen LogP contribution in [0, 0.1) is 5.92 Å². The van der Waals surface area contributed by atoms with E-state index in [4.69, 9.17) is 5.10 Å². The fourth-order valence-electron chi connectivity index (χ4n) is 3.16. The zero-order valence-electron chi connectivity index (χ0n) is 13.7. The molecular formula is C16H29BrN4. The molecule has 0 atom stereocenters. The second kappa shape index (κ2) is 8.30. The van der Waals surface area contributed by atoms with Crippen LogP contribution in [0.5, 0.6) is 0 Å². The Hall–Kier alpha value is -0.390. The Morgan fingerprint density at radius 1 is 1.29 bits per heavy atom. The summed E-state index contributed by atoms with van der Waals surface area (Å²) in [6.45, 7) is 9.91. The van der Waals surface area contributed by atoms with E-state index in [1.54, 1.807) is 0 Å². The smallest absolute Gasteiger partial charge is 0.0767 e. The second-order valence-corrected chi connectivity index (χ2v) is 6.78. The van der Waals surface area contributed by atoms with Crippen molar-refractivity contribution in [2.24, 2.45) is 5.92 Å². The number of hydrogen-bond donors (Lipinski definition) is 1. The molecule has 0 radical (unpaired) electrons. The fraction of sp³-hybridized carbons (Fsp3) is 0.812. The van der Waals surface area contributed by atoms with E-state index >= 15 is 0 Å². The maximum Gasteiger partial charge on any atom is 0.0767 e.